The summed E-state index contributed by atoms with van der Waals surface area (Å²) in [4.78, 5) is 0. The molecule has 3 nitrogen and oxygen atoms in total. The van der Waals surface area contributed by atoms with E-state index in [0.717, 1.165) is 19.6 Å². The van der Waals surface area contributed by atoms with Gasteiger partial charge in [-0.3, -0.25) is 0 Å². The summed E-state index contributed by atoms with van der Waals surface area (Å²) in [5.74, 6) is 0.497. The van der Waals surface area contributed by atoms with Gasteiger partial charge in [-0.25, -0.2) is 0 Å². The Kier molecular flexibility index (Phi) is 7.14. The summed E-state index contributed by atoms with van der Waals surface area (Å²) in [6.07, 6.45) is 0.582. The first-order chi connectivity index (χ1) is 6.85. The number of aliphatic hydroxyl groups is 1. The summed E-state index contributed by atoms with van der Waals surface area (Å²) in [6.45, 7) is 10.9. The highest BCUT2D eigenvalue weighted by Gasteiger charge is 2.16. The molecule has 92 valence electrons. The molecule has 0 bridgehead atoms. The van der Waals surface area contributed by atoms with Crippen LogP contribution in [0.5, 0.6) is 0 Å². The van der Waals surface area contributed by atoms with E-state index in [0.29, 0.717) is 12.5 Å². The molecule has 0 aromatic rings. The maximum absolute atomic E-state index is 9.73. The highest BCUT2D eigenvalue weighted by molar-refractivity contribution is 4.70. The van der Waals surface area contributed by atoms with E-state index in [2.05, 4.69) is 33.0 Å². The standard InChI is InChI=1S/C12H27NO2/c1-10(9-15-5)7-13-8-11(14)6-12(2,3)4/h10-11,13-14H,6-9H2,1-5H3. The van der Waals surface area contributed by atoms with E-state index in [1.165, 1.54) is 0 Å². The normalized spacial score (nSPS) is 16.4. The van der Waals surface area contributed by atoms with Crippen molar-refractivity contribution in [2.45, 2.75) is 40.2 Å². The Morgan fingerprint density at radius 1 is 1.27 bits per heavy atom. The largest absolute Gasteiger partial charge is 0.392 e. The summed E-state index contributed by atoms with van der Waals surface area (Å²) in [7, 11) is 1.71. The smallest absolute Gasteiger partial charge is 0.0669 e. The first-order valence-electron chi connectivity index (χ1n) is 5.73. The molecule has 0 amide bonds. The molecular weight excluding hydrogens is 190 g/mol. The maximum Gasteiger partial charge on any atom is 0.0669 e. The molecule has 15 heavy (non-hydrogen) atoms. The van der Waals surface area contributed by atoms with E-state index < -0.39 is 0 Å². The number of rotatable bonds is 7. The van der Waals surface area contributed by atoms with Crippen LogP contribution >= 0.6 is 0 Å². The second kappa shape index (κ2) is 7.20. The van der Waals surface area contributed by atoms with Crippen LogP contribution in [0.4, 0.5) is 0 Å². The molecule has 0 aromatic heterocycles. The Balaban J connectivity index is 3.50. The summed E-state index contributed by atoms with van der Waals surface area (Å²) in [5.41, 5.74) is 0.194. The fourth-order valence-corrected chi connectivity index (χ4v) is 1.62. The van der Waals surface area contributed by atoms with Crippen molar-refractivity contribution in [1.82, 2.24) is 5.32 Å². The molecule has 2 atom stereocenters. The number of nitrogens with one attached hydrogen (secondary N) is 1. The molecule has 3 heteroatoms. The van der Waals surface area contributed by atoms with E-state index in [-0.39, 0.29) is 11.5 Å². The third-order valence-electron chi connectivity index (χ3n) is 2.17. The molecule has 2 N–H and O–H groups in total. The molecule has 0 rings (SSSR count). The van der Waals surface area contributed by atoms with Crippen molar-refractivity contribution in [1.29, 1.82) is 0 Å². The molecule has 0 aliphatic carbocycles. The van der Waals surface area contributed by atoms with Gasteiger partial charge in [0.15, 0.2) is 0 Å². The van der Waals surface area contributed by atoms with Gasteiger partial charge in [-0.15, -0.1) is 0 Å². The van der Waals surface area contributed by atoms with Crippen molar-refractivity contribution in [3.8, 4) is 0 Å². The predicted octanol–water partition coefficient (Wildman–Crippen LogP) is 1.66. The Hall–Kier alpha value is -0.120. The van der Waals surface area contributed by atoms with Gasteiger partial charge in [-0.2, -0.15) is 0 Å². The highest BCUT2D eigenvalue weighted by atomic mass is 16.5. The number of methoxy groups -OCH3 is 1. The van der Waals surface area contributed by atoms with E-state index in [9.17, 15) is 5.11 Å². The minimum atomic E-state index is -0.250. The van der Waals surface area contributed by atoms with Gasteiger partial charge in [0, 0.05) is 20.3 Å². The van der Waals surface area contributed by atoms with Crippen LogP contribution in [0, 0.1) is 11.3 Å². The summed E-state index contributed by atoms with van der Waals surface area (Å²) < 4.78 is 5.04. The monoisotopic (exact) mass is 217 g/mol. The van der Waals surface area contributed by atoms with Crippen LogP contribution in [0.3, 0.4) is 0 Å². The third kappa shape index (κ3) is 10.2. The van der Waals surface area contributed by atoms with E-state index in [4.69, 9.17) is 4.74 Å². The Morgan fingerprint density at radius 2 is 1.87 bits per heavy atom. The zero-order valence-corrected chi connectivity index (χ0v) is 10.8. The molecule has 0 aromatic carbocycles. The van der Waals surface area contributed by atoms with Crippen LogP contribution in [0.2, 0.25) is 0 Å². The van der Waals surface area contributed by atoms with E-state index >= 15 is 0 Å². The molecule has 0 aliphatic heterocycles. The Morgan fingerprint density at radius 3 is 2.33 bits per heavy atom. The van der Waals surface area contributed by atoms with Gasteiger partial charge in [-0.05, 0) is 24.3 Å². The van der Waals surface area contributed by atoms with Gasteiger partial charge >= 0.3 is 0 Å². The van der Waals surface area contributed by atoms with Crippen molar-refractivity contribution < 1.29 is 9.84 Å². The Labute approximate surface area is 94.2 Å². The fraction of sp³-hybridized carbons (Fsp3) is 1.00. The number of aliphatic hydroxyl groups excluding tert-OH is 1. The fourth-order valence-electron chi connectivity index (χ4n) is 1.62. The summed E-state index contributed by atoms with van der Waals surface area (Å²) in [5, 5.41) is 13.0. The minimum Gasteiger partial charge on any atom is -0.392 e. The lowest BCUT2D eigenvalue weighted by atomic mass is 9.89. The van der Waals surface area contributed by atoms with Gasteiger partial charge in [0.25, 0.3) is 0 Å². The zero-order chi connectivity index (χ0) is 11.9. The van der Waals surface area contributed by atoms with Crippen LogP contribution in [-0.4, -0.2) is 38.0 Å². The Bertz CT molecular complexity index is 154. The van der Waals surface area contributed by atoms with Gasteiger partial charge in [0.05, 0.1) is 6.10 Å². The molecule has 0 heterocycles. The highest BCUT2D eigenvalue weighted by Crippen LogP contribution is 2.20. The second-order valence-corrected chi connectivity index (χ2v) is 5.64. The van der Waals surface area contributed by atoms with Crippen LogP contribution in [-0.2, 0) is 4.74 Å². The van der Waals surface area contributed by atoms with E-state index in [1.807, 2.05) is 0 Å². The molecule has 0 spiro atoms. The average molecular weight is 217 g/mol. The summed E-state index contributed by atoms with van der Waals surface area (Å²) in [6, 6.07) is 0. The van der Waals surface area contributed by atoms with Crippen LogP contribution in [0.25, 0.3) is 0 Å². The number of hydrogen-bond acceptors (Lipinski definition) is 3. The van der Waals surface area contributed by atoms with E-state index in [1.54, 1.807) is 7.11 Å². The molecule has 0 saturated carbocycles. The van der Waals surface area contributed by atoms with Crippen LogP contribution in [0.1, 0.15) is 34.1 Å². The molecule has 0 radical (unpaired) electrons. The predicted molar refractivity (Wildman–Crippen MR) is 64.0 cm³/mol. The maximum atomic E-state index is 9.73. The van der Waals surface area contributed by atoms with Crippen molar-refractivity contribution in [2.75, 3.05) is 26.8 Å². The first kappa shape index (κ1) is 14.9. The molecule has 2 unspecified atom stereocenters. The lowest BCUT2D eigenvalue weighted by Crippen LogP contribution is -2.33. The van der Waals surface area contributed by atoms with Gasteiger partial charge in [-0.1, -0.05) is 27.7 Å². The van der Waals surface area contributed by atoms with Crippen molar-refractivity contribution in [3.05, 3.63) is 0 Å². The first-order valence-corrected chi connectivity index (χ1v) is 5.73. The second-order valence-electron chi connectivity index (χ2n) is 5.64. The van der Waals surface area contributed by atoms with Crippen molar-refractivity contribution >= 4 is 0 Å². The molecular formula is C12H27NO2. The number of ether oxygens (including phenoxy) is 1. The quantitative estimate of drug-likeness (QED) is 0.681. The average Bonchev–Trinajstić information content (AvgIpc) is 2.00. The van der Waals surface area contributed by atoms with Gasteiger partial charge in [0.1, 0.15) is 0 Å². The van der Waals surface area contributed by atoms with Crippen LogP contribution < -0.4 is 5.32 Å². The van der Waals surface area contributed by atoms with Gasteiger partial charge < -0.3 is 15.2 Å². The minimum absolute atomic E-state index is 0.194. The van der Waals surface area contributed by atoms with Crippen molar-refractivity contribution in [2.24, 2.45) is 11.3 Å². The lowest BCUT2D eigenvalue weighted by Gasteiger charge is -2.23. The third-order valence-corrected chi connectivity index (χ3v) is 2.17. The zero-order valence-electron chi connectivity index (χ0n) is 10.8. The molecule has 0 saturated heterocycles. The van der Waals surface area contributed by atoms with Gasteiger partial charge in [0.2, 0.25) is 0 Å². The molecule has 0 aliphatic rings. The lowest BCUT2D eigenvalue weighted by molar-refractivity contribution is 0.114. The SMILES string of the molecule is COCC(C)CNCC(O)CC(C)(C)C. The van der Waals surface area contributed by atoms with Crippen molar-refractivity contribution in [3.63, 3.8) is 0 Å². The number of hydrogen-bond donors (Lipinski definition) is 2. The summed E-state index contributed by atoms with van der Waals surface area (Å²) >= 11 is 0. The molecule has 0 fully saturated rings. The van der Waals surface area contributed by atoms with Crippen LogP contribution in [0.15, 0.2) is 0 Å². The topological polar surface area (TPSA) is 41.5 Å².